The molecule has 1 aromatic carbocycles. The molecule has 0 bridgehead atoms. The number of halogens is 1. The van der Waals surface area contributed by atoms with E-state index in [0.717, 1.165) is 5.56 Å². The summed E-state index contributed by atoms with van der Waals surface area (Å²) in [6.45, 7) is 0.589. The number of rotatable bonds is 3. The summed E-state index contributed by atoms with van der Waals surface area (Å²) < 4.78 is 5.18. The Morgan fingerprint density at radius 3 is 2.68 bits per heavy atom. The number of hydrogen-bond acceptors (Lipinski definition) is 4. The number of carbonyl (C=O) groups is 2. The second-order valence-electron chi connectivity index (χ2n) is 4.39. The lowest BCUT2D eigenvalue weighted by Crippen LogP contribution is -2.47. The van der Waals surface area contributed by atoms with Gasteiger partial charge in [-0.3, -0.25) is 9.69 Å². The molecule has 1 aliphatic heterocycles. The number of benzene rings is 1. The third-order valence-electron chi connectivity index (χ3n) is 3.09. The van der Waals surface area contributed by atoms with Crippen molar-refractivity contribution in [2.75, 3.05) is 6.54 Å². The monoisotopic (exact) mass is 299 g/mol. The smallest absolute Gasteiger partial charge is 0.411 e. The van der Waals surface area contributed by atoms with E-state index in [2.05, 4.69) is 12.6 Å². The first kappa shape index (κ1) is 14.2. The summed E-state index contributed by atoms with van der Waals surface area (Å²) in [5.74, 6) is 0. The molecule has 1 atom stereocenters. The van der Waals surface area contributed by atoms with Crippen LogP contribution in [0, 0.1) is 0 Å². The van der Waals surface area contributed by atoms with Gasteiger partial charge in [-0.1, -0.05) is 30.3 Å². The molecule has 1 saturated heterocycles. The minimum atomic E-state index is -1.24. The van der Waals surface area contributed by atoms with Crippen molar-refractivity contribution in [2.24, 2.45) is 0 Å². The normalized spacial score (nSPS) is 22.3. The Hall–Kier alpha value is -1.20. The largest absolute Gasteiger partial charge is 0.445 e. The van der Waals surface area contributed by atoms with Crippen molar-refractivity contribution < 1.29 is 14.3 Å². The Bertz CT molecular complexity index is 482. The summed E-state index contributed by atoms with van der Waals surface area (Å²) in [6, 6.07) is 9.33. The maximum absolute atomic E-state index is 12.0. The third-order valence-corrected chi connectivity index (χ3v) is 4.21. The lowest BCUT2D eigenvalue weighted by atomic mass is 10.2. The molecule has 19 heavy (non-hydrogen) atoms. The van der Waals surface area contributed by atoms with Gasteiger partial charge in [0.1, 0.15) is 6.61 Å². The molecule has 1 aromatic rings. The molecule has 0 N–H and O–H groups in total. The van der Waals surface area contributed by atoms with Crippen LogP contribution in [0.25, 0.3) is 0 Å². The predicted molar refractivity (Wildman–Crippen MR) is 75.1 cm³/mol. The SMILES string of the molecule is O=C(OCc1ccccc1)N1CCC[C@@]1(S)C(=O)Cl. The van der Waals surface area contributed by atoms with E-state index in [-0.39, 0.29) is 6.61 Å². The van der Waals surface area contributed by atoms with E-state index in [1.165, 1.54) is 4.90 Å². The molecule has 0 spiro atoms. The molecule has 102 valence electrons. The first-order valence-electron chi connectivity index (χ1n) is 5.94. The topological polar surface area (TPSA) is 46.6 Å². The third kappa shape index (κ3) is 3.04. The van der Waals surface area contributed by atoms with E-state index < -0.39 is 16.2 Å². The second kappa shape index (κ2) is 5.84. The van der Waals surface area contributed by atoms with E-state index in [1.807, 2.05) is 30.3 Å². The van der Waals surface area contributed by atoms with E-state index >= 15 is 0 Å². The molecule has 1 heterocycles. The van der Waals surface area contributed by atoms with E-state index in [1.54, 1.807) is 0 Å². The lowest BCUT2D eigenvalue weighted by molar-refractivity contribution is -0.116. The number of hydrogen-bond donors (Lipinski definition) is 1. The molecular formula is C13H14ClNO3S. The second-order valence-corrected chi connectivity index (χ2v) is 5.47. The molecule has 2 rings (SSSR count). The van der Waals surface area contributed by atoms with E-state index in [9.17, 15) is 9.59 Å². The Kier molecular flexibility index (Phi) is 4.37. The van der Waals surface area contributed by atoms with Gasteiger partial charge >= 0.3 is 6.09 Å². The van der Waals surface area contributed by atoms with Crippen molar-refractivity contribution in [1.29, 1.82) is 0 Å². The summed E-state index contributed by atoms with van der Waals surface area (Å²) in [7, 11) is 0. The van der Waals surface area contributed by atoms with Gasteiger partial charge in [-0.2, -0.15) is 0 Å². The van der Waals surface area contributed by atoms with E-state index in [0.29, 0.717) is 19.4 Å². The summed E-state index contributed by atoms with van der Waals surface area (Å²) >= 11 is 9.75. The first-order valence-corrected chi connectivity index (χ1v) is 6.77. The van der Waals surface area contributed by atoms with Gasteiger partial charge in [0.2, 0.25) is 0 Å². The Balaban J connectivity index is 1.98. The van der Waals surface area contributed by atoms with Crippen LogP contribution in [-0.2, 0) is 16.1 Å². The van der Waals surface area contributed by atoms with Crippen molar-refractivity contribution >= 4 is 35.6 Å². The summed E-state index contributed by atoms with van der Waals surface area (Å²) in [4.78, 5) is 23.4. The number of carbonyl (C=O) groups excluding carboxylic acids is 2. The van der Waals surface area contributed by atoms with Gasteiger partial charge < -0.3 is 4.74 Å². The highest BCUT2D eigenvalue weighted by Gasteiger charge is 2.46. The quantitative estimate of drug-likeness (QED) is 0.689. The molecule has 1 fully saturated rings. The van der Waals surface area contributed by atoms with Crippen LogP contribution >= 0.6 is 24.2 Å². The zero-order valence-electron chi connectivity index (χ0n) is 10.2. The summed E-state index contributed by atoms with van der Waals surface area (Å²) in [6.07, 6.45) is 0.562. The standard InChI is InChI=1S/C13H14ClNO3S/c14-11(16)13(19)7-4-8-15(13)12(17)18-9-10-5-2-1-3-6-10/h1-3,5-6,19H,4,7-9H2/t13-/m1/s1. The molecule has 0 saturated carbocycles. The number of amides is 1. The molecule has 4 nitrogen and oxygen atoms in total. The zero-order chi connectivity index (χ0) is 13.9. The van der Waals surface area contributed by atoms with Crippen molar-refractivity contribution in [2.45, 2.75) is 24.3 Å². The molecular weight excluding hydrogens is 286 g/mol. The number of thiol groups is 1. The van der Waals surface area contributed by atoms with Crippen LogP contribution in [0.1, 0.15) is 18.4 Å². The van der Waals surface area contributed by atoms with Crippen molar-refractivity contribution in [3.63, 3.8) is 0 Å². The van der Waals surface area contributed by atoms with Gasteiger partial charge in [-0.25, -0.2) is 4.79 Å². The molecule has 0 aromatic heterocycles. The number of ether oxygens (including phenoxy) is 1. The Morgan fingerprint density at radius 1 is 1.37 bits per heavy atom. The van der Waals surface area contributed by atoms with Crippen LogP contribution < -0.4 is 0 Å². The van der Waals surface area contributed by atoms with Gasteiger partial charge in [0.25, 0.3) is 5.24 Å². The summed E-state index contributed by atoms with van der Waals surface area (Å²) in [5.41, 5.74) is 0.886. The average Bonchev–Trinajstić information content (AvgIpc) is 2.81. The Labute approximate surface area is 122 Å². The molecule has 6 heteroatoms. The Morgan fingerprint density at radius 2 is 2.05 bits per heavy atom. The summed E-state index contributed by atoms with van der Waals surface area (Å²) in [5, 5.41) is -0.648. The average molecular weight is 300 g/mol. The minimum Gasteiger partial charge on any atom is -0.445 e. The molecule has 0 aliphatic carbocycles. The van der Waals surface area contributed by atoms with E-state index in [4.69, 9.17) is 16.3 Å². The number of nitrogens with zero attached hydrogens (tertiary/aromatic N) is 1. The highest BCUT2D eigenvalue weighted by Crippen LogP contribution is 2.35. The molecule has 0 radical (unpaired) electrons. The molecule has 0 unspecified atom stereocenters. The van der Waals surface area contributed by atoms with Crippen LogP contribution in [0.2, 0.25) is 0 Å². The number of likely N-dealkylation sites (tertiary alicyclic amines) is 1. The van der Waals surface area contributed by atoms with Crippen LogP contribution in [-0.4, -0.2) is 27.7 Å². The molecule has 1 amide bonds. The maximum Gasteiger partial charge on any atom is 0.411 e. The highest BCUT2D eigenvalue weighted by molar-refractivity contribution is 7.83. The fraction of sp³-hybridized carbons (Fsp3) is 0.385. The van der Waals surface area contributed by atoms with Gasteiger partial charge in [0.05, 0.1) is 0 Å². The van der Waals surface area contributed by atoms with Gasteiger partial charge in [0, 0.05) is 6.54 Å². The zero-order valence-corrected chi connectivity index (χ0v) is 11.9. The van der Waals surface area contributed by atoms with Crippen molar-refractivity contribution in [3.05, 3.63) is 35.9 Å². The van der Waals surface area contributed by atoms with Gasteiger partial charge in [0.15, 0.2) is 4.87 Å². The van der Waals surface area contributed by atoms with Gasteiger partial charge in [-0.15, -0.1) is 12.6 Å². The van der Waals surface area contributed by atoms with Crippen LogP contribution in [0.5, 0.6) is 0 Å². The fourth-order valence-corrected chi connectivity index (χ4v) is 2.58. The van der Waals surface area contributed by atoms with Gasteiger partial charge in [-0.05, 0) is 30.0 Å². The van der Waals surface area contributed by atoms with Crippen LogP contribution in [0.15, 0.2) is 30.3 Å². The highest BCUT2D eigenvalue weighted by atomic mass is 35.5. The predicted octanol–water partition coefficient (Wildman–Crippen LogP) is 2.81. The van der Waals surface area contributed by atoms with Crippen molar-refractivity contribution in [3.8, 4) is 0 Å². The first-order chi connectivity index (χ1) is 9.04. The molecule has 1 aliphatic rings. The fourth-order valence-electron chi connectivity index (χ4n) is 2.05. The minimum absolute atomic E-state index is 0.163. The van der Waals surface area contributed by atoms with Crippen LogP contribution in [0.4, 0.5) is 4.79 Å². The van der Waals surface area contributed by atoms with Crippen LogP contribution in [0.3, 0.4) is 0 Å². The maximum atomic E-state index is 12.0. The van der Waals surface area contributed by atoms with Crippen molar-refractivity contribution in [1.82, 2.24) is 4.90 Å². The lowest BCUT2D eigenvalue weighted by Gasteiger charge is -2.29.